The number of rotatable bonds is 9. The lowest BCUT2D eigenvalue weighted by molar-refractivity contribution is 0.0726. The fourth-order valence-corrected chi connectivity index (χ4v) is 4.09. The lowest BCUT2D eigenvalue weighted by Gasteiger charge is -2.22. The molecule has 0 atom stereocenters. The van der Waals surface area contributed by atoms with Gasteiger partial charge in [-0.05, 0) is 54.1 Å². The van der Waals surface area contributed by atoms with Gasteiger partial charge in [0.1, 0.15) is 22.9 Å². The number of fused-ring (bicyclic) bond motifs is 1. The number of ether oxygens (including phenoxy) is 5. The number of hydrogen-bond donors (Lipinski definition) is 0. The van der Waals surface area contributed by atoms with Gasteiger partial charge in [0, 0.05) is 24.2 Å². The van der Waals surface area contributed by atoms with Crippen LogP contribution in [0.3, 0.4) is 0 Å². The van der Waals surface area contributed by atoms with Crippen molar-refractivity contribution in [3.63, 3.8) is 0 Å². The van der Waals surface area contributed by atoms with Gasteiger partial charge < -0.3 is 33.1 Å². The summed E-state index contributed by atoms with van der Waals surface area (Å²) >= 11 is 0. The first-order chi connectivity index (χ1) is 18.1. The molecule has 0 spiro atoms. The molecule has 3 aromatic carbocycles. The molecule has 0 fully saturated rings. The van der Waals surface area contributed by atoms with Crippen LogP contribution in [0.15, 0.2) is 71.3 Å². The summed E-state index contributed by atoms with van der Waals surface area (Å²) in [6, 6.07) is 19.9. The van der Waals surface area contributed by atoms with E-state index in [4.69, 9.17) is 28.2 Å². The van der Waals surface area contributed by atoms with Crippen molar-refractivity contribution in [2.24, 2.45) is 0 Å². The van der Waals surface area contributed by atoms with E-state index in [1.54, 1.807) is 62.6 Å². The summed E-state index contributed by atoms with van der Waals surface area (Å²) in [4.78, 5) is 15.3. The van der Waals surface area contributed by atoms with Crippen LogP contribution in [0.5, 0.6) is 28.7 Å². The molecule has 5 rings (SSSR count). The predicted octanol–water partition coefficient (Wildman–Crippen LogP) is 4.94. The van der Waals surface area contributed by atoms with Crippen molar-refractivity contribution in [1.29, 1.82) is 0 Å². The average Bonchev–Trinajstić information content (AvgIpc) is 3.61. The summed E-state index contributed by atoms with van der Waals surface area (Å²) in [5.74, 6) is 3.64. The van der Waals surface area contributed by atoms with Crippen LogP contribution in [-0.2, 0) is 13.1 Å². The second-order valence-corrected chi connectivity index (χ2v) is 8.33. The minimum Gasteiger partial charge on any atom is -0.497 e. The second-order valence-electron chi connectivity index (χ2n) is 8.33. The molecule has 1 aromatic heterocycles. The number of amides is 1. The highest BCUT2D eigenvalue weighted by molar-refractivity contribution is 5.94. The lowest BCUT2D eigenvalue weighted by atomic mass is 10.1. The highest BCUT2D eigenvalue weighted by Crippen LogP contribution is 2.35. The Morgan fingerprint density at radius 2 is 1.59 bits per heavy atom. The normalized spacial score (nSPS) is 11.8. The highest BCUT2D eigenvalue weighted by Gasteiger charge is 2.22. The van der Waals surface area contributed by atoms with Crippen molar-refractivity contribution in [2.45, 2.75) is 13.1 Å². The molecule has 0 N–H and O–H groups in total. The fourth-order valence-electron chi connectivity index (χ4n) is 4.09. The van der Waals surface area contributed by atoms with Crippen LogP contribution in [0.25, 0.3) is 11.3 Å². The van der Waals surface area contributed by atoms with E-state index in [0.717, 1.165) is 11.1 Å². The van der Waals surface area contributed by atoms with Gasteiger partial charge >= 0.3 is 0 Å². The number of carbonyl (C=O) groups excluding carboxylic acids is 1. The highest BCUT2D eigenvalue weighted by atomic mass is 16.7. The van der Waals surface area contributed by atoms with Gasteiger partial charge in [-0.3, -0.25) is 4.79 Å². The molecule has 0 unspecified atom stereocenters. The maximum absolute atomic E-state index is 13.6. The Bertz CT molecular complexity index is 1400. The smallest absolute Gasteiger partial charge is 0.254 e. The molecule has 1 aliphatic rings. The topological polar surface area (TPSA) is 92.5 Å². The molecule has 1 amide bonds. The third-order valence-corrected chi connectivity index (χ3v) is 6.02. The standard InChI is InChI=1S/C28H26N2O7/c1-32-21-7-5-19(6-8-21)28(31)30(15-18-4-11-24-27(12-18)36-17-35-24)16-20-13-26(37-29-20)23-10-9-22(33-2)14-25(23)34-3/h4-14H,15-17H2,1-3H3. The molecule has 9 nitrogen and oxygen atoms in total. The Balaban J connectivity index is 1.42. The number of aromatic nitrogens is 1. The van der Waals surface area contributed by atoms with E-state index < -0.39 is 0 Å². The predicted molar refractivity (Wildman–Crippen MR) is 134 cm³/mol. The number of methoxy groups -OCH3 is 3. The van der Waals surface area contributed by atoms with Crippen LogP contribution in [-0.4, -0.2) is 44.1 Å². The van der Waals surface area contributed by atoms with Crippen molar-refractivity contribution >= 4 is 5.91 Å². The number of nitrogens with zero attached hydrogens (tertiary/aromatic N) is 2. The van der Waals surface area contributed by atoms with Gasteiger partial charge in [0.2, 0.25) is 6.79 Å². The van der Waals surface area contributed by atoms with Crippen molar-refractivity contribution in [3.05, 3.63) is 83.6 Å². The van der Waals surface area contributed by atoms with Gasteiger partial charge in [-0.2, -0.15) is 0 Å². The number of hydrogen-bond acceptors (Lipinski definition) is 8. The SMILES string of the molecule is COc1ccc(C(=O)N(Cc2ccc3c(c2)OCO3)Cc2cc(-c3ccc(OC)cc3OC)on2)cc1. The Kier molecular flexibility index (Phi) is 6.85. The van der Waals surface area contributed by atoms with Crippen molar-refractivity contribution in [2.75, 3.05) is 28.1 Å². The molecular formula is C28H26N2O7. The van der Waals surface area contributed by atoms with Crippen molar-refractivity contribution < 1.29 is 33.0 Å². The number of benzene rings is 3. The first-order valence-electron chi connectivity index (χ1n) is 11.6. The Labute approximate surface area is 214 Å². The van der Waals surface area contributed by atoms with Crippen LogP contribution in [0.1, 0.15) is 21.6 Å². The van der Waals surface area contributed by atoms with Gasteiger partial charge in [-0.15, -0.1) is 0 Å². The van der Waals surface area contributed by atoms with E-state index in [2.05, 4.69) is 5.16 Å². The van der Waals surface area contributed by atoms with E-state index in [-0.39, 0.29) is 19.2 Å². The first kappa shape index (κ1) is 24.1. The third-order valence-electron chi connectivity index (χ3n) is 6.02. The molecule has 0 saturated heterocycles. The molecule has 37 heavy (non-hydrogen) atoms. The van der Waals surface area contributed by atoms with Gasteiger partial charge in [-0.1, -0.05) is 11.2 Å². The molecule has 0 radical (unpaired) electrons. The van der Waals surface area contributed by atoms with E-state index >= 15 is 0 Å². The largest absolute Gasteiger partial charge is 0.497 e. The zero-order valence-corrected chi connectivity index (χ0v) is 20.7. The molecule has 0 bridgehead atoms. The van der Waals surface area contributed by atoms with Crippen molar-refractivity contribution in [1.82, 2.24) is 10.1 Å². The Morgan fingerprint density at radius 1 is 0.838 bits per heavy atom. The molecule has 190 valence electrons. The van der Waals surface area contributed by atoms with Gasteiger partial charge in [0.05, 0.1) is 33.4 Å². The maximum Gasteiger partial charge on any atom is 0.254 e. The molecule has 1 aliphatic heterocycles. The van der Waals surface area contributed by atoms with Gasteiger partial charge in [0.15, 0.2) is 17.3 Å². The van der Waals surface area contributed by atoms with Gasteiger partial charge in [-0.25, -0.2) is 0 Å². The van der Waals surface area contributed by atoms with Gasteiger partial charge in [0.25, 0.3) is 5.91 Å². The van der Waals surface area contributed by atoms with E-state index in [9.17, 15) is 4.79 Å². The average molecular weight is 503 g/mol. The third kappa shape index (κ3) is 5.16. The van der Waals surface area contributed by atoms with Crippen molar-refractivity contribution in [3.8, 4) is 40.1 Å². The molecule has 0 aliphatic carbocycles. The summed E-state index contributed by atoms with van der Waals surface area (Å²) in [7, 11) is 4.76. The zero-order valence-electron chi connectivity index (χ0n) is 20.7. The Morgan fingerprint density at radius 3 is 2.35 bits per heavy atom. The summed E-state index contributed by atoms with van der Waals surface area (Å²) < 4.78 is 32.6. The summed E-state index contributed by atoms with van der Waals surface area (Å²) in [5, 5.41) is 4.23. The summed E-state index contributed by atoms with van der Waals surface area (Å²) in [6.45, 7) is 0.737. The molecule has 0 saturated carbocycles. The molecule has 9 heteroatoms. The van der Waals surface area contributed by atoms with Crippen LogP contribution in [0.4, 0.5) is 0 Å². The summed E-state index contributed by atoms with van der Waals surface area (Å²) in [6.07, 6.45) is 0. The van der Waals surface area contributed by atoms with E-state index in [1.165, 1.54) is 0 Å². The molecular weight excluding hydrogens is 476 g/mol. The van der Waals surface area contributed by atoms with Crippen LogP contribution >= 0.6 is 0 Å². The van der Waals surface area contributed by atoms with Crippen LogP contribution < -0.4 is 23.7 Å². The van der Waals surface area contributed by atoms with E-state index in [0.29, 0.717) is 52.3 Å². The summed E-state index contributed by atoms with van der Waals surface area (Å²) in [5.41, 5.74) is 2.75. The first-order valence-corrected chi connectivity index (χ1v) is 11.6. The zero-order chi connectivity index (χ0) is 25.8. The minimum absolute atomic E-state index is 0.160. The second kappa shape index (κ2) is 10.5. The monoisotopic (exact) mass is 502 g/mol. The van der Waals surface area contributed by atoms with E-state index in [1.807, 2.05) is 30.3 Å². The van der Waals surface area contributed by atoms with Crippen LogP contribution in [0.2, 0.25) is 0 Å². The quantitative estimate of drug-likeness (QED) is 0.318. The Hall–Kier alpha value is -4.66. The van der Waals surface area contributed by atoms with Crippen LogP contribution in [0, 0.1) is 0 Å². The molecule has 4 aromatic rings. The molecule has 2 heterocycles. The fraction of sp³-hybridized carbons (Fsp3) is 0.214. The maximum atomic E-state index is 13.6. The number of carbonyl (C=O) groups is 1. The minimum atomic E-state index is -0.160. The lowest BCUT2D eigenvalue weighted by Crippen LogP contribution is -2.30.